The van der Waals surface area contributed by atoms with Gasteiger partial charge in [-0.25, -0.2) is 5.43 Å². The van der Waals surface area contributed by atoms with E-state index >= 15 is 0 Å². The van der Waals surface area contributed by atoms with Crippen LogP contribution in [0.3, 0.4) is 0 Å². The fraction of sp³-hybridized carbons (Fsp3) is 0.192. The van der Waals surface area contributed by atoms with E-state index in [9.17, 15) is 9.59 Å². The van der Waals surface area contributed by atoms with Gasteiger partial charge in [0.1, 0.15) is 6.61 Å². The van der Waals surface area contributed by atoms with Gasteiger partial charge in [0.2, 0.25) is 5.91 Å². The van der Waals surface area contributed by atoms with Crippen molar-refractivity contribution in [1.29, 1.82) is 0 Å². The van der Waals surface area contributed by atoms with Gasteiger partial charge >= 0.3 is 0 Å². The Kier molecular flexibility index (Phi) is 9.52. The number of aryl methyl sites for hydroxylation is 1. The van der Waals surface area contributed by atoms with Crippen LogP contribution >= 0.6 is 23.2 Å². The van der Waals surface area contributed by atoms with E-state index in [-0.39, 0.29) is 29.8 Å². The summed E-state index contributed by atoms with van der Waals surface area (Å²) in [4.78, 5) is 24.1. The second-order valence-corrected chi connectivity index (χ2v) is 8.43. The number of rotatable bonds is 10. The molecule has 0 spiro atoms. The molecule has 0 aromatic heterocycles. The number of nitrogens with zero attached hydrogens (tertiary/aromatic N) is 1. The lowest BCUT2D eigenvalue weighted by atomic mass is 10.2. The maximum atomic E-state index is 12.1. The minimum absolute atomic E-state index is 0.0551. The quantitative estimate of drug-likeness (QED) is 0.289. The summed E-state index contributed by atoms with van der Waals surface area (Å²) in [5.74, 6) is 0.460. The van der Waals surface area contributed by atoms with Crippen molar-refractivity contribution in [2.75, 3.05) is 13.7 Å². The van der Waals surface area contributed by atoms with Crippen LogP contribution in [0, 0.1) is 6.92 Å². The molecule has 0 saturated heterocycles. The summed E-state index contributed by atoms with van der Waals surface area (Å²) in [6, 6.07) is 18.0. The van der Waals surface area contributed by atoms with Crippen LogP contribution in [0.4, 0.5) is 0 Å². The Morgan fingerprint density at radius 3 is 2.46 bits per heavy atom. The van der Waals surface area contributed by atoms with E-state index in [2.05, 4.69) is 15.8 Å². The van der Waals surface area contributed by atoms with E-state index < -0.39 is 0 Å². The van der Waals surface area contributed by atoms with Crippen LogP contribution in [0.2, 0.25) is 10.0 Å². The summed E-state index contributed by atoms with van der Waals surface area (Å²) in [5.41, 5.74) is 5.76. The Labute approximate surface area is 214 Å². The van der Waals surface area contributed by atoms with Gasteiger partial charge in [-0.2, -0.15) is 5.10 Å². The SMILES string of the molecule is COc1cc(C=NNC(=O)CCNC(=O)c2ccc(Cl)c(Cl)c2)ccc1OCc1ccc(C)cc1. The standard InChI is InChI=1S/C26H25Cl2N3O4/c1-17-3-5-18(6-4-17)16-35-23-10-7-19(13-24(23)34-2)15-30-31-25(32)11-12-29-26(33)20-8-9-21(27)22(28)14-20/h3-10,13-15H,11-12,16H2,1-2H3,(H,29,33)(H,31,32). The van der Waals surface area contributed by atoms with Crippen molar-refractivity contribution in [1.82, 2.24) is 10.7 Å². The highest BCUT2D eigenvalue weighted by Gasteiger charge is 2.09. The number of hydrogen-bond acceptors (Lipinski definition) is 5. The van der Waals surface area contributed by atoms with E-state index in [0.717, 1.165) is 11.1 Å². The summed E-state index contributed by atoms with van der Waals surface area (Å²) in [7, 11) is 1.56. The number of amides is 2. The number of nitrogens with one attached hydrogen (secondary N) is 2. The molecule has 0 atom stereocenters. The maximum Gasteiger partial charge on any atom is 0.251 e. The first kappa shape index (κ1) is 26.1. The van der Waals surface area contributed by atoms with E-state index in [4.69, 9.17) is 32.7 Å². The van der Waals surface area contributed by atoms with Crippen molar-refractivity contribution in [3.63, 3.8) is 0 Å². The minimum Gasteiger partial charge on any atom is -0.493 e. The molecular formula is C26H25Cl2N3O4. The normalized spacial score (nSPS) is 10.7. The number of benzene rings is 3. The average Bonchev–Trinajstić information content (AvgIpc) is 2.85. The van der Waals surface area contributed by atoms with E-state index in [1.807, 2.05) is 31.2 Å². The lowest BCUT2D eigenvalue weighted by molar-refractivity contribution is -0.120. The van der Waals surface area contributed by atoms with Gasteiger partial charge < -0.3 is 14.8 Å². The zero-order valence-corrected chi connectivity index (χ0v) is 20.8. The predicted molar refractivity (Wildman–Crippen MR) is 138 cm³/mol. The minimum atomic E-state index is -0.350. The molecular weight excluding hydrogens is 489 g/mol. The average molecular weight is 514 g/mol. The molecule has 3 aromatic rings. The highest BCUT2D eigenvalue weighted by atomic mass is 35.5. The molecule has 35 heavy (non-hydrogen) atoms. The topological polar surface area (TPSA) is 89.0 Å². The van der Waals surface area contributed by atoms with Gasteiger partial charge in [-0.15, -0.1) is 0 Å². The summed E-state index contributed by atoms with van der Waals surface area (Å²) < 4.78 is 11.3. The molecule has 0 saturated carbocycles. The predicted octanol–water partition coefficient (Wildman–Crippen LogP) is 5.16. The Bertz CT molecular complexity index is 1210. The van der Waals surface area contributed by atoms with Gasteiger partial charge in [0, 0.05) is 18.5 Å². The third kappa shape index (κ3) is 8.02. The van der Waals surface area contributed by atoms with Gasteiger partial charge in [-0.3, -0.25) is 9.59 Å². The van der Waals surface area contributed by atoms with Gasteiger partial charge in [0.25, 0.3) is 5.91 Å². The van der Waals surface area contributed by atoms with E-state index in [1.54, 1.807) is 31.4 Å². The van der Waals surface area contributed by atoms with Crippen LogP contribution in [0.25, 0.3) is 0 Å². The molecule has 3 rings (SSSR count). The molecule has 0 unspecified atom stereocenters. The number of halogens is 2. The van der Waals surface area contributed by atoms with Crippen LogP contribution in [-0.4, -0.2) is 31.7 Å². The monoisotopic (exact) mass is 513 g/mol. The summed E-state index contributed by atoms with van der Waals surface area (Å²) in [6.45, 7) is 2.59. The summed E-state index contributed by atoms with van der Waals surface area (Å²) in [5, 5.41) is 7.26. The van der Waals surface area contributed by atoms with Crippen molar-refractivity contribution >= 4 is 41.2 Å². The number of ether oxygens (including phenoxy) is 2. The Hall–Kier alpha value is -3.55. The largest absolute Gasteiger partial charge is 0.493 e. The first-order chi connectivity index (χ1) is 16.9. The molecule has 9 heteroatoms. The lowest BCUT2D eigenvalue weighted by Gasteiger charge is -2.11. The van der Waals surface area contributed by atoms with Crippen molar-refractivity contribution in [3.05, 3.63) is 93.0 Å². The molecule has 7 nitrogen and oxygen atoms in total. The van der Waals surface area contributed by atoms with Gasteiger partial charge in [-0.05, 0) is 54.4 Å². The molecule has 2 amide bonds. The van der Waals surface area contributed by atoms with Gasteiger partial charge in [-0.1, -0.05) is 53.0 Å². The molecule has 2 N–H and O–H groups in total. The van der Waals surface area contributed by atoms with E-state index in [0.29, 0.717) is 28.7 Å². The zero-order valence-electron chi connectivity index (χ0n) is 19.3. The highest BCUT2D eigenvalue weighted by molar-refractivity contribution is 6.42. The number of hydrazone groups is 1. The third-order valence-electron chi connectivity index (χ3n) is 4.92. The second-order valence-electron chi connectivity index (χ2n) is 7.61. The van der Waals surface area contributed by atoms with Crippen LogP contribution in [0.15, 0.2) is 65.8 Å². The molecule has 0 bridgehead atoms. The number of hydrogen-bond donors (Lipinski definition) is 2. The Morgan fingerprint density at radius 1 is 0.971 bits per heavy atom. The molecule has 182 valence electrons. The Balaban J connectivity index is 1.45. The summed E-state index contributed by atoms with van der Waals surface area (Å²) >= 11 is 11.8. The van der Waals surface area contributed by atoms with Crippen LogP contribution in [0.5, 0.6) is 11.5 Å². The van der Waals surface area contributed by atoms with Gasteiger partial charge in [0.15, 0.2) is 11.5 Å². The highest BCUT2D eigenvalue weighted by Crippen LogP contribution is 2.28. The van der Waals surface area contributed by atoms with Crippen molar-refractivity contribution in [2.24, 2.45) is 5.10 Å². The fourth-order valence-corrected chi connectivity index (χ4v) is 3.29. The fourth-order valence-electron chi connectivity index (χ4n) is 2.99. The second kappa shape index (κ2) is 12.8. The Morgan fingerprint density at radius 2 is 1.74 bits per heavy atom. The van der Waals surface area contributed by atoms with Gasteiger partial charge in [0.05, 0.1) is 23.4 Å². The molecule has 0 aliphatic carbocycles. The lowest BCUT2D eigenvalue weighted by Crippen LogP contribution is -2.29. The van der Waals surface area contributed by atoms with Crippen LogP contribution < -0.4 is 20.2 Å². The molecule has 0 heterocycles. The van der Waals surface area contributed by atoms with Crippen LogP contribution in [0.1, 0.15) is 33.5 Å². The first-order valence-corrected chi connectivity index (χ1v) is 11.5. The molecule has 0 radical (unpaired) electrons. The number of methoxy groups -OCH3 is 1. The third-order valence-corrected chi connectivity index (χ3v) is 5.66. The molecule has 0 aliphatic rings. The van der Waals surface area contributed by atoms with Crippen molar-refractivity contribution in [3.8, 4) is 11.5 Å². The molecule has 3 aromatic carbocycles. The first-order valence-electron chi connectivity index (χ1n) is 10.8. The zero-order chi connectivity index (χ0) is 25.2. The smallest absolute Gasteiger partial charge is 0.251 e. The number of carbonyl (C=O) groups is 2. The maximum absolute atomic E-state index is 12.1. The molecule has 0 fully saturated rings. The summed E-state index contributed by atoms with van der Waals surface area (Å²) in [6.07, 6.45) is 1.55. The number of carbonyl (C=O) groups excluding carboxylic acids is 2. The van der Waals surface area contributed by atoms with Crippen LogP contribution in [-0.2, 0) is 11.4 Å². The van der Waals surface area contributed by atoms with Crippen molar-refractivity contribution < 1.29 is 19.1 Å². The molecule has 0 aliphatic heterocycles. The van der Waals surface area contributed by atoms with E-state index in [1.165, 1.54) is 23.9 Å². The van der Waals surface area contributed by atoms with Crippen molar-refractivity contribution in [2.45, 2.75) is 20.0 Å².